The van der Waals surface area contributed by atoms with Crippen molar-refractivity contribution >= 4 is 17.7 Å². The molecule has 1 amide bonds. The van der Waals surface area contributed by atoms with Crippen LogP contribution in [0.4, 0.5) is 0 Å². The summed E-state index contributed by atoms with van der Waals surface area (Å²) in [6.45, 7) is 0.651. The van der Waals surface area contributed by atoms with Crippen molar-refractivity contribution in [1.29, 1.82) is 5.26 Å². The number of rotatable bonds is 8. The van der Waals surface area contributed by atoms with Gasteiger partial charge in [-0.1, -0.05) is 36.8 Å². The van der Waals surface area contributed by atoms with Crippen LogP contribution in [0, 0.1) is 11.3 Å². The minimum absolute atomic E-state index is 0.196. The lowest BCUT2D eigenvalue weighted by molar-refractivity contribution is -0.121. The summed E-state index contributed by atoms with van der Waals surface area (Å²) in [4.78, 5) is 11.9. The van der Waals surface area contributed by atoms with Crippen molar-refractivity contribution in [2.75, 3.05) is 18.6 Å². The van der Waals surface area contributed by atoms with Gasteiger partial charge in [-0.15, -0.1) is 0 Å². The quantitative estimate of drug-likeness (QED) is 0.743. The van der Waals surface area contributed by atoms with Crippen LogP contribution in [0.2, 0.25) is 0 Å². The number of carbonyl (C=O) groups is 1. The SMILES string of the molecule is CSCCCCCNC(=O)C(C#N)c1ccccc1. The van der Waals surface area contributed by atoms with E-state index in [2.05, 4.69) is 17.6 Å². The molecule has 0 bridgehead atoms. The number of hydrogen-bond donors (Lipinski definition) is 1. The molecule has 19 heavy (non-hydrogen) atoms. The molecule has 0 spiro atoms. The van der Waals surface area contributed by atoms with Gasteiger partial charge in [-0.3, -0.25) is 4.79 Å². The number of nitriles is 1. The molecule has 1 atom stereocenters. The minimum atomic E-state index is -0.701. The number of unbranched alkanes of at least 4 members (excludes halogenated alkanes) is 2. The van der Waals surface area contributed by atoms with Crippen molar-refractivity contribution < 1.29 is 4.79 Å². The van der Waals surface area contributed by atoms with E-state index in [1.165, 1.54) is 12.2 Å². The van der Waals surface area contributed by atoms with Gasteiger partial charge in [0, 0.05) is 6.54 Å². The highest BCUT2D eigenvalue weighted by atomic mass is 32.2. The summed E-state index contributed by atoms with van der Waals surface area (Å²) >= 11 is 1.84. The number of thioether (sulfide) groups is 1. The van der Waals surface area contributed by atoms with Crippen LogP contribution in [0.25, 0.3) is 0 Å². The molecule has 0 aliphatic rings. The average molecular weight is 276 g/mol. The Morgan fingerprint density at radius 3 is 2.68 bits per heavy atom. The standard InChI is InChI=1S/C15H20N2OS/c1-19-11-7-3-6-10-17-15(18)14(12-16)13-8-4-2-5-9-13/h2,4-5,8-9,14H,3,6-7,10-11H2,1H3,(H,17,18). The smallest absolute Gasteiger partial charge is 0.241 e. The van der Waals surface area contributed by atoms with Gasteiger partial charge in [0.05, 0.1) is 6.07 Å². The largest absolute Gasteiger partial charge is 0.355 e. The third kappa shape index (κ3) is 5.80. The Morgan fingerprint density at radius 1 is 1.32 bits per heavy atom. The van der Waals surface area contributed by atoms with E-state index in [0.29, 0.717) is 6.54 Å². The Hall–Kier alpha value is -1.47. The summed E-state index contributed by atoms with van der Waals surface area (Å²) in [5.74, 6) is 0.268. The monoisotopic (exact) mass is 276 g/mol. The molecule has 0 saturated carbocycles. The van der Waals surface area contributed by atoms with Crippen molar-refractivity contribution in [2.45, 2.75) is 25.2 Å². The lowest BCUT2D eigenvalue weighted by Crippen LogP contribution is -2.29. The summed E-state index contributed by atoms with van der Waals surface area (Å²) in [7, 11) is 0. The average Bonchev–Trinajstić information content (AvgIpc) is 2.45. The maximum absolute atomic E-state index is 11.9. The number of benzene rings is 1. The Bertz CT molecular complexity index is 414. The van der Waals surface area contributed by atoms with E-state index in [9.17, 15) is 4.79 Å². The van der Waals surface area contributed by atoms with Gasteiger partial charge in [0.15, 0.2) is 0 Å². The third-order valence-electron chi connectivity index (χ3n) is 2.85. The Morgan fingerprint density at radius 2 is 2.05 bits per heavy atom. The first kappa shape index (κ1) is 15.6. The second-order valence-electron chi connectivity index (χ2n) is 4.32. The maximum atomic E-state index is 11.9. The zero-order valence-corrected chi connectivity index (χ0v) is 12.1. The van der Waals surface area contributed by atoms with Gasteiger partial charge < -0.3 is 5.32 Å². The molecule has 1 N–H and O–H groups in total. The van der Waals surface area contributed by atoms with Gasteiger partial charge in [0.1, 0.15) is 5.92 Å². The van der Waals surface area contributed by atoms with Gasteiger partial charge in [0.2, 0.25) is 5.91 Å². The summed E-state index contributed by atoms with van der Waals surface area (Å²) in [5.41, 5.74) is 0.755. The highest BCUT2D eigenvalue weighted by molar-refractivity contribution is 7.98. The van der Waals surface area contributed by atoms with E-state index in [-0.39, 0.29) is 5.91 Å². The molecule has 3 nitrogen and oxygen atoms in total. The first-order valence-corrected chi connectivity index (χ1v) is 7.90. The number of amides is 1. The van der Waals surface area contributed by atoms with Crippen LogP contribution in [0.1, 0.15) is 30.7 Å². The predicted octanol–water partition coefficient (Wildman–Crippen LogP) is 2.94. The van der Waals surface area contributed by atoms with Gasteiger partial charge in [-0.2, -0.15) is 17.0 Å². The molecule has 0 heterocycles. The van der Waals surface area contributed by atoms with Crippen LogP contribution in [0.3, 0.4) is 0 Å². The van der Waals surface area contributed by atoms with Crippen LogP contribution in [0.15, 0.2) is 30.3 Å². The summed E-state index contributed by atoms with van der Waals surface area (Å²) in [6.07, 6.45) is 5.36. The number of hydrogen-bond acceptors (Lipinski definition) is 3. The lowest BCUT2D eigenvalue weighted by atomic mass is 10.00. The molecule has 102 valence electrons. The van der Waals surface area contributed by atoms with E-state index in [0.717, 1.165) is 18.4 Å². The fraction of sp³-hybridized carbons (Fsp3) is 0.467. The number of nitrogens with zero attached hydrogens (tertiary/aromatic N) is 1. The number of carbonyl (C=O) groups excluding carboxylic acids is 1. The van der Waals surface area contributed by atoms with Crippen LogP contribution in [-0.2, 0) is 4.79 Å². The van der Waals surface area contributed by atoms with Crippen LogP contribution < -0.4 is 5.32 Å². The molecule has 0 aliphatic heterocycles. The van der Waals surface area contributed by atoms with Crippen molar-refractivity contribution in [1.82, 2.24) is 5.32 Å². The van der Waals surface area contributed by atoms with Crippen molar-refractivity contribution in [2.24, 2.45) is 0 Å². The van der Waals surface area contributed by atoms with Gasteiger partial charge in [0.25, 0.3) is 0 Å². The van der Waals surface area contributed by atoms with Crippen molar-refractivity contribution in [3.8, 4) is 6.07 Å². The molecule has 1 unspecified atom stereocenters. The second kappa shape index (κ2) is 9.46. The van der Waals surface area contributed by atoms with E-state index >= 15 is 0 Å². The van der Waals surface area contributed by atoms with Crippen LogP contribution in [0.5, 0.6) is 0 Å². The molecule has 0 radical (unpaired) electrons. The van der Waals surface area contributed by atoms with E-state index in [1.54, 1.807) is 0 Å². The lowest BCUT2D eigenvalue weighted by Gasteiger charge is -2.10. The minimum Gasteiger partial charge on any atom is -0.355 e. The van der Waals surface area contributed by atoms with E-state index in [4.69, 9.17) is 5.26 Å². The fourth-order valence-corrected chi connectivity index (χ4v) is 2.28. The molecular formula is C15H20N2OS. The number of nitrogens with one attached hydrogen (secondary N) is 1. The summed E-state index contributed by atoms with van der Waals surface area (Å²) in [6, 6.07) is 11.2. The van der Waals surface area contributed by atoms with E-state index in [1.807, 2.05) is 42.1 Å². The predicted molar refractivity (Wildman–Crippen MR) is 80.0 cm³/mol. The zero-order chi connectivity index (χ0) is 13.9. The van der Waals surface area contributed by atoms with Gasteiger partial charge >= 0.3 is 0 Å². The molecule has 0 aromatic heterocycles. The Balaban J connectivity index is 2.34. The summed E-state index contributed by atoms with van der Waals surface area (Å²) in [5, 5.41) is 11.9. The third-order valence-corrected chi connectivity index (χ3v) is 3.55. The molecule has 0 fully saturated rings. The molecule has 4 heteroatoms. The molecule has 1 aromatic carbocycles. The summed E-state index contributed by atoms with van der Waals surface area (Å²) < 4.78 is 0. The van der Waals surface area contributed by atoms with E-state index < -0.39 is 5.92 Å². The topological polar surface area (TPSA) is 52.9 Å². The van der Waals surface area contributed by atoms with Crippen molar-refractivity contribution in [3.63, 3.8) is 0 Å². The van der Waals surface area contributed by atoms with Gasteiger partial charge in [-0.05, 0) is 30.4 Å². The maximum Gasteiger partial charge on any atom is 0.241 e. The zero-order valence-electron chi connectivity index (χ0n) is 11.3. The van der Waals surface area contributed by atoms with Crippen LogP contribution >= 0.6 is 11.8 Å². The van der Waals surface area contributed by atoms with Gasteiger partial charge in [-0.25, -0.2) is 0 Å². The first-order valence-electron chi connectivity index (χ1n) is 6.50. The normalized spacial score (nSPS) is 11.6. The molecular weight excluding hydrogens is 256 g/mol. The fourth-order valence-electron chi connectivity index (χ4n) is 1.79. The molecule has 1 aromatic rings. The highest BCUT2D eigenvalue weighted by Crippen LogP contribution is 2.14. The Kier molecular flexibility index (Phi) is 7.76. The molecule has 0 saturated heterocycles. The second-order valence-corrected chi connectivity index (χ2v) is 5.30. The molecule has 1 rings (SSSR count). The molecule has 0 aliphatic carbocycles. The highest BCUT2D eigenvalue weighted by Gasteiger charge is 2.18. The van der Waals surface area contributed by atoms with Crippen LogP contribution in [-0.4, -0.2) is 24.5 Å². The Labute approximate surface area is 119 Å². The first-order chi connectivity index (χ1) is 9.29. The van der Waals surface area contributed by atoms with Crippen molar-refractivity contribution in [3.05, 3.63) is 35.9 Å².